The molecule has 4 aliphatic rings. The van der Waals surface area contributed by atoms with E-state index in [9.17, 15) is 28.8 Å². The van der Waals surface area contributed by atoms with Crippen molar-refractivity contribution in [2.75, 3.05) is 105 Å². The quantitative estimate of drug-likeness (QED) is 0.221. The van der Waals surface area contributed by atoms with Gasteiger partial charge < -0.3 is 48.4 Å². The summed E-state index contributed by atoms with van der Waals surface area (Å²) in [6, 6.07) is 11.5. The maximum atomic E-state index is 14.4. The van der Waals surface area contributed by atoms with Gasteiger partial charge in [0.25, 0.3) is 5.91 Å². The zero-order valence-electron chi connectivity index (χ0n) is 37.8. The molecule has 18 heteroatoms. The highest BCUT2D eigenvalue weighted by molar-refractivity contribution is 5.91. The second-order valence-corrected chi connectivity index (χ2v) is 17.5. The molecule has 348 valence electrons. The van der Waals surface area contributed by atoms with Gasteiger partial charge in [0.2, 0.25) is 5.91 Å². The minimum atomic E-state index is -1.12. The number of amides is 5. The van der Waals surface area contributed by atoms with E-state index in [0.29, 0.717) is 102 Å². The Morgan fingerprint density at radius 2 is 1.53 bits per heavy atom. The van der Waals surface area contributed by atoms with Crippen LogP contribution in [0.1, 0.15) is 55.2 Å². The number of aryl methyl sites for hydroxylation is 2. The third-order valence-corrected chi connectivity index (χ3v) is 13.3. The summed E-state index contributed by atoms with van der Waals surface area (Å²) in [5, 5.41) is 3.04. The Labute approximate surface area is 374 Å². The smallest absolute Gasteiger partial charge is 0.419 e. The van der Waals surface area contributed by atoms with Crippen LogP contribution in [0.5, 0.6) is 0 Å². The number of nitrogens with zero attached hydrogens (tertiary/aromatic N) is 7. The second kappa shape index (κ2) is 21.5. The first-order valence-electron chi connectivity index (χ1n) is 22.7. The van der Waals surface area contributed by atoms with Crippen molar-refractivity contribution in [2.45, 2.75) is 76.5 Å². The number of urea groups is 1. The first-order chi connectivity index (χ1) is 30.9. The van der Waals surface area contributed by atoms with E-state index in [1.54, 1.807) is 30.0 Å². The Balaban J connectivity index is 0.911. The van der Waals surface area contributed by atoms with Crippen molar-refractivity contribution < 1.29 is 42.6 Å². The highest BCUT2D eigenvalue weighted by Gasteiger charge is 2.37. The van der Waals surface area contributed by atoms with Crippen LogP contribution >= 0.6 is 0 Å². The number of rotatable bonds is 15. The van der Waals surface area contributed by atoms with E-state index < -0.39 is 18.0 Å². The normalized spacial score (nSPS) is 18.5. The number of carbonyl (C=O) groups is 5. The summed E-state index contributed by atoms with van der Waals surface area (Å²) in [5.41, 5.74) is 4.50. The molecule has 3 fully saturated rings. The van der Waals surface area contributed by atoms with Gasteiger partial charge in [0, 0.05) is 117 Å². The molecule has 3 saturated heterocycles. The Morgan fingerprint density at radius 3 is 2.27 bits per heavy atom. The number of ether oxygens (including phenoxy) is 3. The number of esters is 1. The zero-order valence-corrected chi connectivity index (χ0v) is 37.8. The number of anilines is 1. The number of piperazine rings is 1. The van der Waals surface area contributed by atoms with Gasteiger partial charge >= 0.3 is 23.8 Å². The molecule has 5 amide bonds. The number of oxazole rings is 1. The molecule has 4 aliphatic heterocycles. The molecular weight excluding hydrogens is 825 g/mol. The summed E-state index contributed by atoms with van der Waals surface area (Å²) < 4.78 is 23.5. The van der Waals surface area contributed by atoms with Crippen molar-refractivity contribution >= 4 is 46.7 Å². The van der Waals surface area contributed by atoms with Gasteiger partial charge in [-0.15, -0.1) is 0 Å². The molecule has 64 heavy (non-hydrogen) atoms. The lowest BCUT2D eigenvalue weighted by Crippen LogP contribution is -2.57. The van der Waals surface area contributed by atoms with E-state index in [1.807, 2.05) is 59.0 Å². The number of fused-ring (bicyclic) bond motifs is 2. The van der Waals surface area contributed by atoms with E-state index >= 15 is 0 Å². The van der Waals surface area contributed by atoms with Gasteiger partial charge in [-0.1, -0.05) is 24.3 Å². The molecule has 1 N–H and O–H groups in total. The van der Waals surface area contributed by atoms with Crippen LogP contribution in [0.4, 0.5) is 15.3 Å². The molecule has 1 aromatic heterocycles. The van der Waals surface area contributed by atoms with Crippen molar-refractivity contribution in [3.05, 3.63) is 63.6 Å². The molecular formula is C46H64N8O10. The SMILES string of the molecule is COCCN(C)CCOC(=O)CCC(=O)N1CCC(N2CCN(C(=O)[C@@H](Cc3cc(C)c4c(c3)oc(=O)n4C)OC(=O)N3CCC(N4CCc5ccccc5NC4=O)CC3)CC2)CC1. The number of methoxy groups -OCH3 is 1. The Bertz CT molecular complexity index is 2190. The molecule has 2 aromatic carbocycles. The number of piperidine rings is 2. The van der Waals surface area contributed by atoms with Crippen LogP contribution < -0.4 is 11.1 Å². The molecule has 18 nitrogen and oxygen atoms in total. The lowest BCUT2D eigenvalue weighted by atomic mass is 10.0. The van der Waals surface area contributed by atoms with Crippen molar-refractivity contribution in [1.29, 1.82) is 0 Å². The molecule has 5 heterocycles. The predicted octanol–water partition coefficient (Wildman–Crippen LogP) is 3.08. The van der Waals surface area contributed by atoms with Crippen molar-refractivity contribution in [3.8, 4) is 0 Å². The number of hydrogen-bond acceptors (Lipinski definition) is 12. The predicted molar refractivity (Wildman–Crippen MR) is 238 cm³/mol. The molecule has 1 atom stereocenters. The standard InChI is InChI=1S/C46H64N8O10/c1-32-29-33(30-38-42(32)49(3)45(59)63-38)31-39(64-46(60)53-18-14-36(15-19-53)54-20-11-34-7-5-6-8-37(34)47-44(54)58)43(57)52-23-21-50(22-24-52)35-12-16-51(17-13-35)40(55)9-10-41(56)62-28-26-48(2)25-27-61-4/h5-8,29-30,35-36,39H,9-28,31H2,1-4H3,(H,47,58)/t39-/m1/s1. The summed E-state index contributed by atoms with van der Waals surface area (Å²) in [4.78, 5) is 90.6. The zero-order chi connectivity index (χ0) is 45.3. The van der Waals surface area contributed by atoms with Crippen LogP contribution in [0, 0.1) is 6.92 Å². The summed E-state index contributed by atoms with van der Waals surface area (Å²) in [7, 11) is 5.22. The summed E-state index contributed by atoms with van der Waals surface area (Å²) in [5.74, 6) is -1.19. The fraction of sp³-hybridized carbons (Fsp3) is 0.609. The lowest BCUT2D eigenvalue weighted by Gasteiger charge is -2.43. The average molecular weight is 889 g/mol. The number of benzene rings is 2. The van der Waals surface area contributed by atoms with E-state index in [0.717, 1.165) is 42.6 Å². The van der Waals surface area contributed by atoms with Crippen LogP contribution in [-0.2, 0) is 48.5 Å². The van der Waals surface area contributed by atoms with E-state index in [4.69, 9.17) is 18.6 Å². The largest absolute Gasteiger partial charge is 0.464 e. The minimum absolute atomic E-state index is 0.0414. The van der Waals surface area contributed by atoms with Gasteiger partial charge in [-0.2, -0.15) is 0 Å². The molecule has 0 unspecified atom stereocenters. The monoisotopic (exact) mass is 888 g/mol. The fourth-order valence-corrected chi connectivity index (χ4v) is 9.49. The highest BCUT2D eigenvalue weighted by Crippen LogP contribution is 2.27. The number of para-hydroxylation sites is 1. The van der Waals surface area contributed by atoms with E-state index in [-0.39, 0.29) is 61.8 Å². The Morgan fingerprint density at radius 1 is 0.844 bits per heavy atom. The van der Waals surface area contributed by atoms with Gasteiger partial charge in [0.1, 0.15) is 6.61 Å². The molecule has 0 aliphatic carbocycles. The summed E-state index contributed by atoms with van der Waals surface area (Å²) >= 11 is 0. The third kappa shape index (κ3) is 11.4. The van der Waals surface area contributed by atoms with Crippen LogP contribution in [-0.4, -0.2) is 181 Å². The number of carbonyl (C=O) groups excluding carboxylic acids is 5. The minimum Gasteiger partial charge on any atom is -0.464 e. The van der Waals surface area contributed by atoms with Crippen LogP contribution in [0.2, 0.25) is 0 Å². The maximum Gasteiger partial charge on any atom is 0.419 e. The maximum absolute atomic E-state index is 14.4. The van der Waals surface area contributed by atoms with E-state index in [2.05, 4.69) is 10.2 Å². The lowest BCUT2D eigenvalue weighted by molar-refractivity contribution is -0.146. The number of nitrogens with one attached hydrogen (secondary N) is 1. The number of aromatic nitrogens is 1. The fourth-order valence-electron chi connectivity index (χ4n) is 9.49. The molecule has 3 aromatic rings. The van der Waals surface area contributed by atoms with Gasteiger partial charge in [-0.05, 0) is 74.9 Å². The molecule has 0 spiro atoms. The first kappa shape index (κ1) is 46.5. The average Bonchev–Trinajstić information content (AvgIpc) is 3.48. The highest BCUT2D eigenvalue weighted by atomic mass is 16.6. The molecule has 0 saturated carbocycles. The summed E-state index contributed by atoms with van der Waals surface area (Å²) in [6.07, 6.45) is 2.07. The third-order valence-electron chi connectivity index (χ3n) is 13.3. The molecule has 7 rings (SSSR count). The molecule has 0 bridgehead atoms. The topological polar surface area (TPSA) is 180 Å². The van der Waals surface area contributed by atoms with E-state index in [1.165, 1.54) is 4.57 Å². The first-order valence-corrected chi connectivity index (χ1v) is 22.7. The van der Waals surface area contributed by atoms with Crippen molar-refractivity contribution in [3.63, 3.8) is 0 Å². The Kier molecular flexibility index (Phi) is 15.6. The molecule has 0 radical (unpaired) electrons. The van der Waals surface area contributed by atoms with Gasteiger partial charge in [0.05, 0.1) is 18.5 Å². The van der Waals surface area contributed by atoms with Crippen LogP contribution in [0.3, 0.4) is 0 Å². The number of hydrogen-bond donors (Lipinski definition) is 1. The van der Waals surface area contributed by atoms with Crippen molar-refractivity contribution in [1.82, 2.24) is 34.0 Å². The van der Waals surface area contributed by atoms with Crippen molar-refractivity contribution in [2.24, 2.45) is 7.05 Å². The number of likely N-dealkylation sites (N-methyl/N-ethyl adjacent to an activating group) is 1. The van der Waals surface area contributed by atoms with Crippen LogP contribution in [0.15, 0.2) is 45.6 Å². The van der Waals surface area contributed by atoms with Gasteiger partial charge in [-0.3, -0.25) is 23.9 Å². The summed E-state index contributed by atoms with van der Waals surface area (Å²) in [6.45, 7) is 8.81. The van der Waals surface area contributed by atoms with Gasteiger partial charge in [0.15, 0.2) is 11.7 Å². The number of likely N-dealkylation sites (tertiary alicyclic amines) is 2. The van der Waals surface area contributed by atoms with Crippen LogP contribution in [0.25, 0.3) is 11.1 Å². The Hall–Kier alpha value is -5.46. The van der Waals surface area contributed by atoms with Gasteiger partial charge in [-0.25, -0.2) is 14.4 Å². The second-order valence-electron chi connectivity index (χ2n) is 17.5.